The van der Waals surface area contributed by atoms with Crippen LogP contribution in [0.1, 0.15) is 48.5 Å². The molecule has 5 rings (SSSR count). The van der Waals surface area contributed by atoms with E-state index in [1.165, 1.54) is 12.1 Å². The van der Waals surface area contributed by atoms with Gasteiger partial charge in [0.25, 0.3) is 5.91 Å². The first-order chi connectivity index (χ1) is 17.5. The van der Waals surface area contributed by atoms with Crippen molar-refractivity contribution >= 4 is 17.5 Å². The van der Waals surface area contributed by atoms with Crippen molar-refractivity contribution in [2.45, 2.75) is 45.3 Å². The Labute approximate surface area is 207 Å². The van der Waals surface area contributed by atoms with Gasteiger partial charge in [-0.05, 0) is 74.6 Å². The summed E-state index contributed by atoms with van der Waals surface area (Å²) in [5.74, 6) is 0.193. The topological polar surface area (TPSA) is 117 Å². The third-order valence-electron chi connectivity index (χ3n) is 6.12. The summed E-state index contributed by atoms with van der Waals surface area (Å²) in [5, 5.41) is 6.95. The number of nitrogens with one attached hydrogen (secondary N) is 1. The third kappa shape index (κ3) is 5.07. The zero-order valence-corrected chi connectivity index (χ0v) is 19.9. The van der Waals surface area contributed by atoms with Crippen molar-refractivity contribution in [2.75, 3.05) is 12.3 Å². The second-order valence-corrected chi connectivity index (χ2v) is 8.66. The van der Waals surface area contributed by atoms with E-state index < -0.39 is 5.91 Å². The van der Waals surface area contributed by atoms with Gasteiger partial charge in [-0.1, -0.05) is 0 Å². The fourth-order valence-corrected chi connectivity index (χ4v) is 4.36. The number of carbonyl (C=O) groups excluding carboxylic acids is 1. The van der Waals surface area contributed by atoms with Gasteiger partial charge in [-0.15, -0.1) is 5.10 Å². The normalized spacial score (nSPS) is 13.7. The summed E-state index contributed by atoms with van der Waals surface area (Å²) in [6.45, 7) is 2.26. The molecule has 0 saturated heterocycles. The molecule has 0 bridgehead atoms. The molecular formula is C26H27FN6O3. The zero-order valence-electron chi connectivity index (χ0n) is 19.9. The number of benzene rings is 1. The van der Waals surface area contributed by atoms with Gasteiger partial charge >= 0.3 is 0 Å². The molecule has 1 aromatic carbocycles. The summed E-state index contributed by atoms with van der Waals surface area (Å²) in [6, 6.07) is 9.73. The standard InChI is InChI=1S/C26H27FN6O3/c1-2-35-25-21(12-17(14-30-25)16-9-10-33-23(13-16)31-26(28)32-33)24(34)29-15-18-11-19(27)7-8-22(18)36-20-5-3-4-6-20/h7-14,20H,2-6,15H2,1H3,(H2,28,32)(H,29,34). The first kappa shape index (κ1) is 23.5. The quantitative estimate of drug-likeness (QED) is 0.381. The summed E-state index contributed by atoms with van der Waals surface area (Å²) >= 11 is 0. The lowest BCUT2D eigenvalue weighted by molar-refractivity contribution is 0.0945. The highest BCUT2D eigenvalue weighted by Crippen LogP contribution is 2.28. The first-order valence-corrected chi connectivity index (χ1v) is 12.0. The van der Waals surface area contributed by atoms with Crippen molar-refractivity contribution in [3.63, 3.8) is 0 Å². The number of fused-ring (bicyclic) bond motifs is 1. The number of hydrogen-bond acceptors (Lipinski definition) is 7. The van der Waals surface area contributed by atoms with Gasteiger partial charge in [0.1, 0.15) is 17.1 Å². The van der Waals surface area contributed by atoms with Crippen LogP contribution in [0.4, 0.5) is 10.3 Å². The Morgan fingerprint density at radius 1 is 1.19 bits per heavy atom. The fourth-order valence-electron chi connectivity index (χ4n) is 4.36. The lowest BCUT2D eigenvalue weighted by Gasteiger charge is -2.17. The van der Waals surface area contributed by atoms with Crippen molar-refractivity contribution in [3.8, 4) is 22.8 Å². The van der Waals surface area contributed by atoms with Gasteiger partial charge in [0.05, 0.1) is 12.7 Å². The number of halogens is 1. The van der Waals surface area contributed by atoms with Gasteiger partial charge in [0, 0.05) is 30.1 Å². The van der Waals surface area contributed by atoms with E-state index in [4.69, 9.17) is 15.2 Å². The molecule has 10 heteroatoms. The number of hydrogen-bond donors (Lipinski definition) is 2. The van der Waals surface area contributed by atoms with Crippen LogP contribution in [0.15, 0.2) is 48.8 Å². The number of ether oxygens (including phenoxy) is 2. The summed E-state index contributed by atoms with van der Waals surface area (Å²) in [6.07, 6.45) is 7.69. The SMILES string of the molecule is CCOc1ncc(-c2ccn3nc(N)nc3c2)cc1C(=O)NCc1cc(F)ccc1OC1CCCC1. The third-order valence-corrected chi connectivity index (χ3v) is 6.12. The smallest absolute Gasteiger partial charge is 0.257 e. The van der Waals surface area contributed by atoms with Gasteiger partial charge in [-0.3, -0.25) is 4.79 Å². The first-order valence-electron chi connectivity index (χ1n) is 12.0. The predicted molar refractivity (Wildman–Crippen MR) is 132 cm³/mol. The van der Waals surface area contributed by atoms with Gasteiger partial charge in [-0.2, -0.15) is 4.98 Å². The number of pyridine rings is 2. The average molecular weight is 491 g/mol. The van der Waals surface area contributed by atoms with Gasteiger partial charge < -0.3 is 20.5 Å². The molecule has 0 aliphatic heterocycles. The maximum absolute atomic E-state index is 14.0. The van der Waals surface area contributed by atoms with Crippen molar-refractivity contribution in [3.05, 3.63) is 65.7 Å². The molecule has 0 radical (unpaired) electrons. The number of rotatable bonds is 8. The van der Waals surface area contributed by atoms with E-state index in [0.29, 0.717) is 29.1 Å². The van der Waals surface area contributed by atoms with Crippen LogP contribution >= 0.6 is 0 Å². The summed E-state index contributed by atoms with van der Waals surface area (Å²) in [4.78, 5) is 21.8. The molecule has 36 heavy (non-hydrogen) atoms. The van der Waals surface area contributed by atoms with Crippen LogP contribution in [0, 0.1) is 5.82 Å². The number of amides is 1. The summed E-state index contributed by atoms with van der Waals surface area (Å²) in [5.41, 5.74) is 8.59. The number of carbonyl (C=O) groups is 1. The molecule has 4 aromatic rings. The Morgan fingerprint density at radius 2 is 2.03 bits per heavy atom. The minimum Gasteiger partial charge on any atom is -0.490 e. The molecule has 3 heterocycles. The van der Waals surface area contributed by atoms with Gasteiger partial charge in [0.2, 0.25) is 11.8 Å². The molecule has 0 atom stereocenters. The van der Waals surface area contributed by atoms with E-state index in [9.17, 15) is 9.18 Å². The largest absolute Gasteiger partial charge is 0.490 e. The second-order valence-electron chi connectivity index (χ2n) is 8.66. The molecule has 0 spiro atoms. The Bertz CT molecular complexity index is 1400. The maximum Gasteiger partial charge on any atom is 0.257 e. The van der Waals surface area contributed by atoms with Crippen LogP contribution in [0.25, 0.3) is 16.8 Å². The highest BCUT2D eigenvalue weighted by atomic mass is 19.1. The second kappa shape index (κ2) is 10.2. The van der Waals surface area contributed by atoms with Gasteiger partial charge in [-0.25, -0.2) is 13.9 Å². The number of anilines is 1. The van der Waals surface area contributed by atoms with Crippen LogP contribution in [-0.4, -0.2) is 38.2 Å². The molecule has 0 unspecified atom stereocenters. The Kier molecular flexibility index (Phi) is 6.66. The Balaban J connectivity index is 1.39. The van der Waals surface area contributed by atoms with Crippen molar-refractivity contribution < 1.29 is 18.7 Å². The van der Waals surface area contributed by atoms with E-state index in [2.05, 4.69) is 20.4 Å². The van der Waals surface area contributed by atoms with E-state index in [1.807, 2.05) is 19.1 Å². The number of nitrogens with zero attached hydrogens (tertiary/aromatic N) is 4. The molecule has 1 saturated carbocycles. The van der Waals surface area contributed by atoms with E-state index in [1.54, 1.807) is 29.0 Å². The van der Waals surface area contributed by atoms with Crippen molar-refractivity contribution in [1.82, 2.24) is 24.9 Å². The number of aromatic nitrogens is 4. The predicted octanol–water partition coefficient (Wildman–Crippen LogP) is 4.16. The number of nitrogen functional groups attached to an aromatic ring is 1. The van der Waals surface area contributed by atoms with Crippen LogP contribution in [0.3, 0.4) is 0 Å². The lowest BCUT2D eigenvalue weighted by Crippen LogP contribution is -2.25. The summed E-state index contributed by atoms with van der Waals surface area (Å²) < 4.78 is 27.3. The lowest BCUT2D eigenvalue weighted by atomic mass is 10.1. The fraction of sp³-hybridized carbons (Fsp3) is 0.308. The molecule has 1 fully saturated rings. The molecule has 1 aliphatic carbocycles. The highest BCUT2D eigenvalue weighted by molar-refractivity contribution is 5.97. The van der Waals surface area contributed by atoms with Crippen molar-refractivity contribution in [1.29, 1.82) is 0 Å². The van der Waals surface area contributed by atoms with Crippen LogP contribution in [0.5, 0.6) is 11.6 Å². The van der Waals surface area contributed by atoms with Crippen molar-refractivity contribution in [2.24, 2.45) is 0 Å². The Hall–Kier alpha value is -4.21. The van der Waals surface area contributed by atoms with Crippen LogP contribution < -0.4 is 20.5 Å². The molecule has 3 N–H and O–H groups in total. The van der Waals surface area contributed by atoms with Gasteiger partial charge in [0.15, 0.2) is 5.65 Å². The highest BCUT2D eigenvalue weighted by Gasteiger charge is 2.20. The van der Waals surface area contributed by atoms with E-state index in [-0.39, 0.29) is 35.9 Å². The van der Waals surface area contributed by atoms with E-state index >= 15 is 0 Å². The minimum atomic E-state index is -0.392. The molecule has 1 aliphatic rings. The minimum absolute atomic E-state index is 0.0966. The maximum atomic E-state index is 14.0. The van der Waals surface area contributed by atoms with Crippen LogP contribution in [-0.2, 0) is 6.54 Å². The van der Waals surface area contributed by atoms with E-state index in [0.717, 1.165) is 31.2 Å². The molecule has 3 aromatic heterocycles. The zero-order chi connectivity index (χ0) is 25.1. The number of nitrogens with two attached hydrogens (primary N) is 1. The monoisotopic (exact) mass is 490 g/mol. The molecule has 1 amide bonds. The molecule has 186 valence electrons. The Morgan fingerprint density at radius 3 is 2.83 bits per heavy atom. The summed E-state index contributed by atoms with van der Waals surface area (Å²) in [7, 11) is 0. The molecule has 9 nitrogen and oxygen atoms in total. The molecular weight excluding hydrogens is 463 g/mol. The van der Waals surface area contributed by atoms with Crippen LogP contribution in [0.2, 0.25) is 0 Å². The average Bonchev–Trinajstić information content (AvgIpc) is 3.52.